The van der Waals surface area contributed by atoms with Gasteiger partial charge >= 0.3 is 0 Å². The van der Waals surface area contributed by atoms with E-state index in [1.165, 1.54) is 16.4 Å². The fourth-order valence-corrected chi connectivity index (χ4v) is 5.98. The summed E-state index contributed by atoms with van der Waals surface area (Å²) < 4.78 is 28.7. The second-order valence-corrected chi connectivity index (χ2v) is 11.7. The largest absolute Gasteiger partial charge is 0.354 e. The van der Waals surface area contributed by atoms with Gasteiger partial charge in [-0.25, -0.2) is 8.42 Å². The van der Waals surface area contributed by atoms with Crippen molar-refractivity contribution in [1.29, 1.82) is 0 Å². The van der Waals surface area contributed by atoms with E-state index in [1.807, 2.05) is 24.3 Å². The average Bonchev–Trinajstić information content (AvgIpc) is 3.24. The highest BCUT2D eigenvalue weighted by Crippen LogP contribution is 2.37. The number of anilines is 1. The van der Waals surface area contributed by atoms with Crippen LogP contribution >= 0.6 is 0 Å². The number of rotatable bonds is 7. The molecule has 1 heterocycles. The smallest absolute Gasteiger partial charge is 0.269 e. The summed E-state index contributed by atoms with van der Waals surface area (Å²) in [5.41, 5.74) is 3.04. The van der Waals surface area contributed by atoms with Gasteiger partial charge < -0.3 is 5.32 Å². The van der Waals surface area contributed by atoms with Crippen molar-refractivity contribution in [3.63, 3.8) is 0 Å². The van der Waals surface area contributed by atoms with Gasteiger partial charge in [0.05, 0.1) is 15.5 Å². The molecular formula is C27H29N3O5S. The Labute approximate surface area is 211 Å². The van der Waals surface area contributed by atoms with Gasteiger partial charge in [-0.2, -0.15) is 0 Å². The molecule has 36 heavy (non-hydrogen) atoms. The third-order valence-corrected chi connectivity index (χ3v) is 8.20. The molecule has 1 atom stereocenters. The monoisotopic (exact) mass is 507 g/mol. The van der Waals surface area contributed by atoms with Gasteiger partial charge in [0.25, 0.3) is 15.7 Å². The molecule has 0 unspecified atom stereocenters. The molecule has 188 valence electrons. The number of carbonyl (C=O) groups is 1. The molecule has 0 saturated heterocycles. The van der Waals surface area contributed by atoms with Gasteiger partial charge in [-0.3, -0.25) is 19.2 Å². The minimum atomic E-state index is -3.99. The number of sulfonamides is 1. The number of para-hydroxylation sites is 1. The van der Waals surface area contributed by atoms with E-state index in [4.69, 9.17) is 0 Å². The average molecular weight is 508 g/mol. The van der Waals surface area contributed by atoms with Crippen LogP contribution in [-0.4, -0.2) is 31.8 Å². The summed E-state index contributed by atoms with van der Waals surface area (Å²) in [7, 11) is -3.99. The minimum Gasteiger partial charge on any atom is -0.354 e. The molecule has 4 rings (SSSR count). The van der Waals surface area contributed by atoms with Gasteiger partial charge in [-0.1, -0.05) is 63.2 Å². The summed E-state index contributed by atoms with van der Waals surface area (Å²) >= 11 is 0. The lowest BCUT2D eigenvalue weighted by atomic mass is 9.87. The Morgan fingerprint density at radius 1 is 1.03 bits per heavy atom. The van der Waals surface area contributed by atoms with Crippen LogP contribution in [0.2, 0.25) is 0 Å². The van der Waals surface area contributed by atoms with Crippen LogP contribution in [0.3, 0.4) is 0 Å². The number of fused-ring (bicyclic) bond motifs is 1. The van der Waals surface area contributed by atoms with Crippen molar-refractivity contribution in [3.05, 3.63) is 99.6 Å². The molecule has 0 fully saturated rings. The van der Waals surface area contributed by atoms with E-state index in [-0.39, 0.29) is 34.9 Å². The Hall–Kier alpha value is -3.72. The molecule has 0 radical (unpaired) electrons. The van der Waals surface area contributed by atoms with Gasteiger partial charge in [-0.05, 0) is 46.7 Å². The van der Waals surface area contributed by atoms with Crippen LogP contribution in [0.25, 0.3) is 0 Å². The number of nitro benzene ring substituents is 1. The molecule has 1 aliphatic heterocycles. The van der Waals surface area contributed by atoms with Crippen molar-refractivity contribution >= 4 is 27.3 Å². The van der Waals surface area contributed by atoms with Crippen LogP contribution in [0.15, 0.2) is 77.7 Å². The van der Waals surface area contributed by atoms with Crippen molar-refractivity contribution in [2.45, 2.75) is 50.0 Å². The lowest BCUT2D eigenvalue weighted by Gasteiger charge is -2.27. The maximum Gasteiger partial charge on any atom is 0.269 e. The Bertz CT molecular complexity index is 1380. The number of nitrogens with one attached hydrogen (secondary N) is 1. The maximum absolute atomic E-state index is 13.7. The summed E-state index contributed by atoms with van der Waals surface area (Å²) in [4.78, 5) is 23.7. The zero-order valence-electron chi connectivity index (χ0n) is 20.5. The molecule has 1 amide bonds. The third kappa shape index (κ3) is 5.11. The van der Waals surface area contributed by atoms with Crippen LogP contribution in [-0.2, 0) is 33.1 Å². The topological polar surface area (TPSA) is 110 Å². The highest BCUT2D eigenvalue weighted by molar-refractivity contribution is 7.93. The van der Waals surface area contributed by atoms with E-state index in [1.54, 1.807) is 36.4 Å². The second-order valence-electron chi connectivity index (χ2n) is 9.89. The van der Waals surface area contributed by atoms with E-state index in [9.17, 15) is 23.3 Å². The molecular weight excluding hydrogens is 478 g/mol. The van der Waals surface area contributed by atoms with Gasteiger partial charge in [0.2, 0.25) is 5.91 Å². The first-order chi connectivity index (χ1) is 17.0. The minimum absolute atomic E-state index is 0.00267. The first-order valence-corrected chi connectivity index (χ1v) is 13.2. The Morgan fingerprint density at radius 3 is 2.28 bits per heavy atom. The van der Waals surface area contributed by atoms with Gasteiger partial charge in [0, 0.05) is 25.1 Å². The van der Waals surface area contributed by atoms with E-state index >= 15 is 0 Å². The Kier molecular flexibility index (Phi) is 6.86. The fraction of sp³-hybridized carbons (Fsp3) is 0.296. The van der Waals surface area contributed by atoms with Crippen molar-refractivity contribution in [1.82, 2.24) is 5.32 Å². The molecule has 0 saturated carbocycles. The number of non-ortho nitro benzene ring substituents is 1. The predicted molar refractivity (Wildman–Crippen MR) is 139 cm³/mol. The number of carbonyl (C=O) groups excluding carboxylic acids is 1. The number of hydrogen-bond acceptors (Lipinski definition) is 5. The second kappa shape index (κ2) is 9.73. The third-order valence-electron chi connectivity index (χ3n) is 6.37. The summed E-state index contributed by atoms with van der Waals surface area (Å²) in [6.45, 7) is 6.45. The number of hydrogen-bond donors (Lipinski definition) is 1. The quantitative estimate of drug-likeness (QED) is 0.377. The van der Waals surface area contributed by atoms with E-state index in [2.05, 4.69) is 26.1 Å². The maximum atomic E-state index is 13.7. The Morgan fingerprint density at radius 2 is 1.67 bits per heavy atom. The van der Waals surface area contributed by atoms with Crippen LogP contribution in [0, 0.1) is 10.1 Å². The van der Waals surface area contributed by atoms with E-state index in [0.717, 1.165) is 16.7 Å². The number of nitro groups is 1. The van der Waals surface area contributed by atoms with Crippen LogP contribution < -0.4 is 9.62 Å². The molecule has 0 aromatic heterocycles. The van der Waals surface area contributed by atoms with Crippen molar-refractivity contribution in [2.75, 3.05) is 10.8 Å². The molecule has 3 aromatic carbocycles. The Balaban J connectivity index is 1.54. The lowest BCUT2D eigenvalue weighted by Crippen LogP contribution is -2.48. The lowest BCUT2D eigenvalue weighted by molar-refractivity contribution is -0.384. The van der Waals surface area contributed by atoms with Gasteiger partial charge in [0.1, 0.15) is 6.04 Å². The SMILES string of the molecule is CC(C)(C)c1ccc(S(=O)(=O)N2c3ccccc3C[C@H]2C(=O)NCCc2ccc([N+](=O)[O-])cc2)cc1. The molecule has 3 aromatic rings. The van der Waals surface area contributed by atoms with Crippen molar-refractivity contribution < 1.29 is 18.1 Å². The van der Waals surface area contributed by atoms with Gasteiger partial charge in [-0.15, -0.1) is 0 Å². The molecule has 0 spiro atoms. The first-order valence-electron chi connectivity index (χ1n) is 11.7. The van der Waals surface area contributed by atoms with Crippen LogP contribution in [0.4, 0.5) is 11.4 Å². The summed E-state index contributed by atoms with van der Waals surface area (Å²) in [5, 5.41) is 13.7. The first kappa shape index (κ1) is 25.4. The molecule has 9 heteroatoms. The summed E-state index contributed by atoms with van der Waals surface area (Å²) in [5.74, 6) is -0.386. The molecule has 0 aliphatic carbocycles. The van der Waals surface area contributed by atoms with Gasteiger partial charge in [0.15, 0.2) is 0 Å². The van der Waals surface area contributed by atoms with Crippen molar-refractivity contribution in [3.8, 4) is 0 Å². The van der Waals surface area contributed by atoms with E-state index in [0.29, 0.717) is 12.1 Å². The zero-order valence-corrected chi connectivity index (χ0v) is 21.3. The number of amides is 1. The van der Waals surface area contributed by atoms with Crippen molar-refractivity contribution in [2.24, 2.45) is 0 Å². The molecule has 1 N–H and O–H groups in total. The number of benzene rings is 3. The van der Waals surface area contributed by atoms with Crippen LogP contribution in [0.5, 0.6) is 0 Å². The highest BCUT2D eigenvalue weighted by atomic mass is 32.2. The molecule has 0 bridgehead atoms. The van der Waals surface area contributed by atoms with Crippen LogP contribution in [0.1, 0.15) is 37.5 Å². The predicted octanol–water partition coefficient (Wildman–Crippen LogP) is 4.37. The zero-order chi connectivity index (χ0) is 26.1. The summed E-state index contributed by atoms with van der Waals surface area (Å²) in [6, 6.07) is 19.2. The normalized spacial score (nSPS) is 15.4. The fourth-order valence-electron chi connectivity index (χ4n) is 4.33. The standard InChI is InChI=1S/C27H29N3O5S/c1-27(2,3)21-10-14-23(15-11-21)36(34,35)29-24-7-5-4-6-20(24)18-25(29)26(31)28-17-16-19-8-12-22(13-9-19)30(32)33/h4-15,25H,16-18H2,1-3H3,(H,28,31)/t25-/m0/s1. The summed E-state index contributed by atoms with van der Waals surface area (Å²) in [6.07, 6.45) is 0.739. The highest BCUT2D eigenvalue weighted by Gasteiger charge is 2.42. The number of nitrogens with zero attached hydrogens (tertiary/aromatic N) is 2. The van der Waals surface area contributed by atoms with E-state index < -0.39 is 21.0 Å². The molecule has 8 nitrogen and oxygen atoms in total. The molecule has 1 aliphatic rings.